The summed E-state index contributed by atoms with van der Waals surface area (Å²) in [5.41, 5.74) is 7.03. The van der Waals surface area contributed by atoms with Gasteiger partial charge in [-0.2, -0.15) is 4.99 Å². The van der Waals surface area contributed by atoms with Crippen molar-refractivity contribution in [1.29, 1.82) is 0 Å². The summed E-state index contributed by atoms with van der Waals surface area (Å²) in [5.74, 6) is 0. The number of nitrogens with zero attached hydrogens (tertiary/aromatic N) is 3. The number of rotatable bonds is 1. The molecule has 2 heterocycles. The molecule has 0 radical (unpaired) electrons. The summed E-state index contributed by atoms with van der Waals surface area (Å²) < 4.78 is 0. The number of anilines is 1. The van der Waals surface area contributed by atoms with Gasteiger partial charge in [-0.3, -0.25) is 0 Å². The summed E-state index contributed by atoms with van der Waals surface area (Å²) in [4.78, 5) is 21.6. The molecule has 4 rings (SSSR count). The van der Waals surface area contributed by atoms with E-state index in [2.05, 4.69) is 15.0 Å². The molecule has 0 aliphatic carbocycles. The Balaban J connectivity index is 0.000000152. The SMILES string of the molecule is Nc1cccc2cnc(Cl)cc12.O=C=Nc1cccc2cnc(Cl)cc12. The number of carbonyl (C=O) groups excluding carboxylic acids is 1. The quantitative estimate of drug-likeness (QED) is 0.209. The van der Waals surface area contributed by atoms with E-state index in [0.29, 0.717) is 16.0 Å². The van der Waals surface area contributed by atoms with Gasteiger partial charge in [0.2, 0.25) is 6.08 Å². The van der Waals surface area contributed by atoms with Crippen molar-refractivity contribution in [1.82, 2.24) is 9.97 Å². The molecule has 0 saturated carbocycles. The van der Waals surface area contributed by atoms with Crippen molar-refractivity contribution in [3.63, 3.8) is 0 Å². The van der Waals surface area contributed by atoms with E-state index in [4.69, 9.17) is 28.9 Å². The summed E-state index contributed by atoms with van der Waals surface area (Å²) in [6.45, 7) is 0. The van der Waals surface area contributed by atoms with Gasteiger partial charge >= 0.3 is 0 Å². The Hall–Kier alpha value is -2.98. The fourth-order valence-corrected chi connectivity index (χ4v) is 2.76. The van der Waals surface area contributed by atoms with Crippen molar-refractivity contribution in [2.75, 3.05) is 5.73 Å². The highest BCUT2D eigenvalue weighted by Gasteiger charge is 2.00. The number of nitrogen functional groups attached to an aromatic ring is 1. The van der Waals surface area contributed by atoms with Crippen molar-refractivity contribution in [2.45, 2.75) is 0 Å². The molecule has 0 aliphatic rings. The molecule has 0 unspecified atom stereocenters. The zero-order valence-corrected chi connectivity index (χ0v) is 14.9. The second-order valence-corrected chi connectivity index (χ2v) is 6.06. The first-order valence-electron chi connectivity index (χ1n) is 7.50. The van der Waals surface area contributed by atoms with E-state index in [-0.39, 0.29) is 0 Å². The van der Waals surface area contributed by atoms with Crippen LogP contribution in [0.2, 0.25) is 10.3 Å². The highest BCUT2D eigenvalue weighted by molar-refractivity contribution is 6.30. The summed E-state index contributed by atoms with van der Waals surface area (Å²) in [7, 11) is 0. The molecule has 0 bridgehead atoms. The molecule has 4 aromatic rings. The molecule has 7 heteroatoms. The summed E-state index contributed by atoms with van der Waals surface area (Å²) in [6.07, 6.45) is 4.86. The Morgan fingerprint density at radius 3 is 2.12 bits per heavy atom. The number of fused-ring (bicyclic) bond motifs is 2. The second-order valence-electron chi connectivity index (χ2n) is 5.28. The van der Waals surface area contributed by atoms with Crippen molar-refractivity contribution in [2.24, 2.45) is 4.99 Å². The van der Waals surface area contributed by atoms with Gasteiger partial charge in [0.15, 0.2) is 0 Å². The van der Waals surface area contributed by atoms with E-state index < -0.39 is 0 Å². The van der Waals surface area contributed by atoms with Gasteiger partial charge in [0.25, 0.3) is 0 Å². The molecule has 0 fully saturated rings. The maximum absolute atomic E-state index is 10.2. The number of isocyanates is 1. The average Bonchev–Trinajstić information content (AvgIpc) is 2.64. The molecule has 128 valence electrons. The van der Waals surface area contributed by atoms with E-state index >= 15 is 0 Å². The minimum absolute atomic E-state index is 0.381. The van der Waals surface area contributed by atoms with Crippen LogP contribution in [-0.4, -0.2) is 16.0 Å². The van der Waals surface area contributed by atoms with Crippen LogP contribution in [0.4, 0.5) is 11.4 Å². The lowest BCUT2D eigenvalue weighted by molar-refractivity contribution is 0.565. The Kier molecular flexibility index (Phi) is 5.44. The van der Waals surface area contributed by atoms with E-state index in [0.717, 1.165) is 27.2 Å². The van der Waals surface area contributed by atoms with Crippen molar-refractivity contribution >= 4 is 62.2 Å². The van der Waals surface area contributed by atoms with E-state index in [1.165, 1.54) is 6.08 Å². The van der Waals surface area contributed by atoms with Gasteiger partial charge in [-0.15, -0.1) is 0 Å². The van der Waals surface area contributed by atoms with Gasteiger partial charge in [0, 0.05) is 39.6 Å². The molecule has 2 aromatic heterocycles. The molecule has 0 saturated heterocycles. The fraction of sp³-hybridized carbons (Fsp3) is 0. The third-order valence-corrected chi connectivity index (χ3v) is 4.05. The number of halogens is 2. The predicted octanol–water partition coefficient (Wildman–Crippen LogP) is 5.33. The standard InChI is InChI=1S/C10H5ClN2O.C9H7ClN2/c11-10-4-8-7(5-12-10)2-1-3-9(8)13-6-14;10-9-4-7-6(5-12-9)2-1-3-8(7)11/h1-5H;1-5H,11H2. The minimum atomic E-state index is 0.381. The van der Waals surface area contributed by atoms with Crippen LogP contribution in [-0.2, 0) is 4.79 Å². The van der Waals surface area contributed by atoms with Crippen LogP contribution in [0, 0.1) is 0 Å². The van der Waals surface area contributed by atoms with Gasteiger partial charge in [0.1, 0.15) is 10.3 Å². The molecule has 5 nitrogen and oxygen atoms in total. The molecule has 2 aromatic carbocycles. The number of pyridine rings is 2. The normalized spacial score (nSPS) is 10.1. The third kappa shape index (κ3) is 3.98. The van der Waals surface area contributed by atoms with Crippen LogP contribution < -0.4 is 5.73 Å². The molecule has 0 aliphatic heterocycles. The van der Waals surface area contributed by atoms with Gasteiger partial charge in [-0.05, 0) is 24.3 Å². The third-order valence-electron chi connectivity index (χ3n) is 3.64. The molecule has 0 amide bonds. The van der Waals surface area contributed by atoms with Gasteiger partial charge in [-0.1, -0.05) is 47.5 Å². The molecule has 0 spiro atoms. The number of aliphatic imine (C=N–C) groups is 1. The van der Waals surface area contributed by atoms with Crippen molar-refractivity contribution < 1.29 is 4.79 Å². The Labute approximate surface area is 159 Å². The number of hydrogen-bond donors (Lipinski definition) is 1. The van der Waals surface area contributed by atoms with Crippen molar-refractivity contribution in [3.8, 4) is 0 Å². The van der Waals surface area contributed by atoms with Gasteiger partial charge in [-0.25, -0.2) is 14.8 Å². The summed E-state index contributed by atoms with van der Waals surface area (Å²) in [5, 5.41) is 4.52. The smallest absolute Gasteiger partial charge is 0.240 e. The fourth-order valence-electron chi connectivity index (χ4n) is 2.44. The minimum Gasteiger partial charge on any atom is -0.398 e. The lowest BCUT2D eigenvalue weighted by atomic mass is 10.1. The largest absolute Gasteiger partial charge is 0.398 e. The number of nitrogens with two attached hydrogens (primary N) is 1. The molecule has 2 N–H and O–H groups in total. The topological polar surface area (TPSA) is 81.2 Å². The first kappa shape index (κ1) is 17.8. The van der Waals surface area contributed by atoms with Gasteiger partial charge < -0.3 is 5.73 Å². The summed E-state index contributed by atoms with van der Waals surface area (Å²) >= 11 is 11.5. The van der Waals surface area contributed by atoms with E-state index in [1.807, 2.05) is 24.3 Å². The zero-order chi connectivity index (χ0) is 18.5. The number of benzene rings is 2. The monoisotopic (exact) mass is 382 g/mol. The first-order valence-corrected chi connectivity index (χ1v) is 8.26. The lowest BCUT2D eigenvalue weighted by Gasteiger charge is -2.00. The zero-order valence-electron chi connectivity index (χ0n) is 13.4. The van der Waals surface area contributed by atoms with Crippen LogP contribution in [0.25, 0.3) is 21.5 Å². The van der Waals surface area contributed by atoms with Crippen molar-refractivity contribution in [3.05, 3.63) is 71.2 Å². The summed E-state index contributed by atoms with van der Waals surface area (Å²) in [6, 6.07) is 14.5. The predicted molar refractivity (Wildman–Crippen MR) is 106 cm³/mol. The Morgan fingerprint density at radius 1 is 0.885 bits per heavy atom. The van der Waals surface area contributed by atoms with Crippen LogP contribution in [0.3, 0.4) is 0 Å². The number of aromatic nitrogens is 2. The molecular weight excluding hydrogens is 371 g/mol. The van der Waals surface area contributed by atoms with Crippen LogP contribution in [0.1, 0.15) is 0 Å². The second kappa shape index (κ2) is 7.93. The van der Waals surface area contributed by atoms with Crippen LogP contribution in [0.5, 0.6) is 0 Å². The first-order chi connectivity index (χ1) is 12.6. The van der Waals surface area contributed by atoms with Crippen LogP contribution in [0.15, 0.2) is 65.9 Å². The van der Waals surface area contributed by atoms with Crippen LogP contribution >= 0.6 is 23.2 Å². The average molecular weight is 383 g/mol. The highest BCUT2D eigenvalue weighted by atomic mass is 35.5. The van der Waals surface area contributed by atoms with E-state index in [1.54, 1.807) is 36.7 Å². The highest BCUT2D eigenvalue weighted by Crippen LogP contribution is 2.26. The maximum Gasteiger partial charge on any atom is 0.240 e. The van der Waals surface area contributed by atoms with E-state index in [9.17, 15) is 4.79 Å². The lowest BCUT2D eigenvalue weighted by Crippen LogP contribution is -1.86. The Bertz CT molecular complexity index is 1140. The van der Waals surface area contributed by atoms with Gasteiger partial charge in [0.05, 0.1) is 5.69 Å². The Morgan fingerprint density at radius 2 is 1.46 bits per heavy atom. The maximum atomic E-state index is 10.2. The molecule has 26 heavy (non-hydrogen) atoms. The molecule has 0 atom stereocenters. The number of hydrogen-bond acceptors (Lipinski definition) is 5. The molecular formula is C19H12Cl2N4O.